The molecule has 1 aliphatic carbocycles. The zero-order valence-electron chi connectivity index (χ0n) is 25.5. The summed E-state index contributed by atoms with van der Waals surface area (Å²) in [6.45, 7) is 0.479. The van der Waals surface area contributed by atoms with E-state index in [-0.39, 0.29) is 36.2 Å². The molecule has 2 aromatic carbocycles. The first kappa shape index (κ1) is 34.1. The number of sulfonamides is 1. The van der Waals surface area contributed by atoms with Crippen LogP contribution in [0.1, 0.15) is 37.7 Å². The fourth-order valence-electron chi connectivity index (χ4n) is 6.23. The predicted molar refractivity (Wildman–Crippen MR) is 163 cm³/mol. The van der Waals surface area contributed by atoms with Crippen molar-refractivity contribution < 1.29 is 60.6 Å². The molecule has 0 unspecified atom stereocenters. The highest BCUT2D eigenvalue weighted by Crippen LogP contribution is 2.40. The molecule has 0 bridgehead atoms. The maximum atomic E-state index is 14.2. The highest BCUT2D eigenvalue weighted by atomic mass is 32.2. The minimum Gasteiger partial charge on any atom is -0.486 e. The van der Waals surface area contributed by atoms with Crippen LogP contribution in [0.5, 0.6) is 11.5 Å². The number of phosphoric ester groups is 1. The summed E-state index contributed by atoms with van der Waals surface area (Å²) in [6, 6.07) is 11.8. The van der Waals surface area contributed by atoms with Gasteiger partial charge in [-0.2, -0.15) is 0 Å². The second kappa shape index (κ2) is 14.8. The second-order valence-corrected chi connectivity index (χ2v) is 14.9. The lowest BCUT2D eigenvalue weighted by Gasteiger charge is -2.33. The minimum absolute atomic E-state index is 0.0122. The van der Waals surface area contributed by atoms with Gasteiger partial charge in [0.2, 0.25) is 0 Å². The first-order valence-corrected chi connectivity index (χ1v) is 18.6. The van der Waals surface area contributed by atoms with Gasteiger partial charge in [-0.25, -0.2) is 17.8 Å². The Hall–Kier alpha value is -2.79. The number of hydrogen-bond donors (Lipinski definition) is 3. The topological polar surface area (TPSA) is 189 Å². The summed E-state index contributed by atoms with van der Waals surface area (Å²) in [5, 5.41) is 2.69. The molecule has 1 amide bonds. The van der Waals surface area contributed by atoms with Crippen molar-refractivity contribution in [2.75, 3.05) is 33.0 Å². The molecule has 6 rings (SSSR count). The fourth-order valence-corrected chi connectivity index (χ4v) is 8.11. The normalized spacial score (nSPS) is 24.2. The molecule has 258 valence electrons. The smallest absolute Gasteiger partial charge is 0.469 e. The number of nitrogens with zero attached hydrogens (tertiary/aromatic N) is 1. The van der Waals surface area contributed by atoms with Crippen molar-refractivity contribution in [1.82, 2.24) is 9.79 Å². The summed E-state index contributed by atoms with van der Waals surface area (Å²) < 4.78 is 74.5. The van der Waals surface area contributed by atoms with Crippen LogP contribution in [-0.4, -0.2) is 92.4 Å². The van der Waals surface area contributed by atoms with Gasteiger partial charge in [0.25, 0.3) is 10.0 Å². The number of carbonyl (C=O) groups excluding carboxylic acids is 1. The van der Waals surface area contributed by atoms with E-state index in [1.54, 1.807) is 30.3 Å². The second-order valence-electron chi connectivity index (χ2n) is 11.9. The van der Waals surface area contributed by atoms with E-state index in [2.05, 4.69) is 5.32 Å². The molecule has 0 spiro atoms. The van der Waals surface area contributed by atoms with Crippen LogP contribution in [0.15, 0.2) is 53.4 Å². The van der Waals surface area contributed by atoms with E-state index in [1.807, 2.05) is 0 Å². The third kappa shape index (κ3) is 8.63. The van der Waals surface area contributed by atoms with Gasteiger partial charge in [-0.15, -0.1) is 0 Å². The lowest BCUT2D eigenvalue weighted by atomic mass is 10.0. The molecular weight excluding hydrogens is 659 g/mol. The van der Waals surface area contributed by atoms with Gasteiger partial charge < -0.3 is 38.8 Å². The van der Waals surface area contributed by atoms with Crippen LogP contribution in [0.2, 0.25) is 0 Å². The summed E-state index contributed by atoms with van der Waals surface area (Å²) in [7, 11) is -9.71. The first-order chi connectivity index (χ1) is 22.5. The van der Waals surface area contributed by atoms with Gasteiger partial charge >= 0.3 is 13.9 Å². The molecule has 3 fully saturated rings. The molecule has 47 heavy (non-hydrogen) atoms. The van der Waals surface area contributed by atoms with Gasteiger partial charge in [0.1, 0.15) is 25.4 Å². The Bertz CT molecular complexity index is 1540. The van der Waals surface area contributed by atoms with E-state index in [0.717, 1.165) is 12.8 Å². The van der Waals surface area contributed by atoms with Crippen molar-refractivity contribution in [2.24, 2.45) is 5.92 Å². The van der Waals surface area contributed by atoms with Crippen molar-refractivity contribution in [1.29, 1.82) is 0 Å². The van der Waals surface area contributed by atoms with Gasteiger partial charge in [0.05, 0.1) is 42.7 Å². The van der Waals surface area contributed by atoms with E-state index in [4.69, 9.17) is 33.0 Å². The highest BCUT2D eigenvalue weighted by molar-refractivity contribution is 7.89. The summed E-state index contributed by atoms with van der Waals surface area (Å²) in [4.78, 5) is 39.2. The lowest BCUT2D eigenvalue weighted by Crippen LogP contribution is -2.52. The van der Waals surface area contributed by atoms with Gasteiger partial charge in [0, 0.05) is 6.07 Å². The Morgan fingerprint density at radius 2 is 1.74 bits per heavy atom. The van der Waals surface area contributed by atoms with Crippen LogP contribution in [0.25, 0.3) is 0 Å². The van der Waals surface area contributed by atoms with Crippen molar-refractivity contribution in [3.63, 3.8) is 0 Å². The molecule has 3 heterocycles. The fraction of sp³-hybridized carbons (Fsp3) is 0.567. The summed E-state index contributed by atoms with van der Waals surface area (Å²) in [5.41, 5.74) is 0.684. The van der Waals surface area contributed by atoms with E-state index in [0.29, 0.717) is 48.3 Å². The largest absolute Gasteiger partial charge is 0.486 e. The number of fused-ring (bicyclic) bond motifs is 2. The van der Waals surface area contributed by atoms with Crippen molar-refractivity contribution in [3.8, 4) is 11.5 Å². The number of phosphoric acid groups is 1. The van der Waals surface area contributed by atoms with Crippen molar-refractivity contribution in [2.45, 2.75) is 74.1 Å². The third-order valence-electron chi connectivity index (χ3n) is 8.54. The molecule has 0 radical (unpaired) electrons. The van der Waals surface area contributed by atoms with Crippen LogP contribution in [0.3, 0.4) is 0 Å². The molecule has 4 aliphatic rings. The maximum absolute atomic E-state index is 14.2. The lowest BCUT2D eigenvalue weighted by molar-refractivity contribution is -0.144. The Morgan fingerprint density at radius 3 is 2.49 bits per heavy atom. The van der Waals surface area contributed by atoms with Crippen LogP contribution in [0.4, 0.5) is 4.79 Å². The number of amides is 1. The molecule has 3 N–H and O–H groups in total. The van der Waals surface area contributed by atoms with Gasteiger partial charge in [0.15, 0.2) is 17.8 Å². The molecule has 15 nitrogen and oxygen atoms in total. The number of carbonyl (C=O) groups is 1. The van der Waals surface area contributed by atoms with E-state index in [9.17, 15) is 27.6 Å². The van der Waals surface area contributed by atoms with Crippen molar-refractivity contribution in [3.05, 3.63) is 54.1 Å². The zero-order valence-corrected chi connectivity index (χ0v) is 27.3. The first-order valence-electron chi connectivity index (χ1n) is 15.6. The molecular formula is C30H39N2O13PS. The van der Waals surface area contributed by atoms with E-state index < -0.39 is 61.1 Å². The monoisotopic (exact) mass is 698 g/mol. The number of rotatable bonds is 13. The average Bonchev–Trinajstić information content (AvgIpc) is 3.81. The quantitative estimate of drug-likeness (QED) is 0.205. The van der Waals surface area contributed by atoms with Gasteiger partial charge in [-0.3, -0.25) is 9.36 Å². The Kier molecular flexibility index (Phi) is 10.7. The maximum Gasteiger partial charge on any atom is 0.469 e. The molecule has 2 aromatic rings. The third-order valence-corrected chi connectivity index (χ3v) is 10.7. The number of benzene rings is 2. The SMILES string of the molecule is O=C(N[C@@H](Cc1ccccc1)[C@@H](CN(OC1CCCC1)S(=O)(=O)c1ccc2c(c1)OCCO2)OP(=O)(O)O)O[C@H]1CO[C@H]2OCC[C@H]21. The number of hydrogen-bond acceptors (Lipinski definition) is 11. The molecule has 1 saturated carbocycles. The molecule has 17 heteroatoms. The number of hydroxylamine groups is 1. The summed E-state index contributed by atoms with van der Waals surface area (Å²) in [5.74, 6) is 0.468. The standard InChI is InChI=1S/C30H39N2O13PS/c33-30(43-28-19-42-29-23(28)12-13-41-29)31-24(16-20-6-2-1-3-7-20)27(45-46(34,35)36)18-32(44-21-8-4-5-9-21)47(37,38)22-10-11-25-26(17-22)40-15-14-39-25/h1-3,6-7,10-11,17,21,23-24,27-29H,4-5,8-9,12-16,18-19H2,(H,31,33)(H2,34,35,36)/t23-,24-,27+,28-,29+/m0/s1. The van der Waals surface area contributed by atoms with Gasteiger partial charge in [-0.05, 0) is 43.4 Å². The minimum atomic E-state index is -5.24. The van der Waals surface area contributed by atoms with Gasteiger partial charge in [-0.1, -0.05) is 47.6 Å². The van der Waals surface area contributed by atoms with Crippen LogP contribution >= 0.6 is 7.82 Å². The molecule has 3 aliphatic heterocycles. The molecule has 2 saturated heterocycles. The summed E-state index contributed by atoms with van der Waals surface area (Å²) >= 11 is 0. The number of ether oxygens (including phenoxy) is 5. The Balaban J connectivity index is 1.30. The van der Waals surface area contributed by atoms with E-state index >= 15 is 0 Å². The predicted octanol–water partition coefficient (Wildman–Crippen LogP) is 2.90. The molecule has 0 aromatic heterocycles. The zero-order chi connectivity index (χ0) is 33.0. The Morgan fingerprint density at radius 1 is 1.00 bits per heavy atom. The highest BCUT2D eigenvalue weighted by Gasteiger charge is 2.45. The van der Waals surface area contributed by atoms with Crippen LogP contribution in [0, 0.1) is 5.92 Å². The van der Waals surface area contributed by atoms with Crippen LogP contribution < -0.4 is 14.8 Å². The number of nitrogens with one attached hydrogen (secondary N) is 1. The average molecular weight is 699 g/mol. The summed E-state index contributed by atoms with van der Waals surface area (Å²) in [6.07, 6.45) is -0.529. The van der Waals surface area contributed by atoms with Crippen LogP contribution in [-0.2, 0) is 44.6 Å². The Labute approximate surface area is 272 Å². The molecule has 5 atom stereocenters. The van der Waals surface area contributed by atoms with E-state index in [1.165, 1.54) is 18.2 Å². The van der Waals surface area contributed by atoms with Crippen molar-refractivity contribution >= 4 is 23.9 Å². The number of alkyl carbamates (subject to hydrolysis) is 1.